The second-order valence-electron chi connectivity index (χ2n) is 4.28. The zero-order chi connectivity index (χ0) is 15.6. The average Bonchev–Trinajstić information content (AvgIpc) is 2.42. The van der Waals surface area contributed by atoms with Gasteiger partial charge in [-0.2, -0.15) is 0 Å². The number of nitro benzene ring substituents is 1. The van der Waals surface area contributed by atoms with Crippen molar-refractivity contribution in [1.29, 1.82) is 0 Å². The minimum Gasteiger partial charge on any atom is -0.454 e. The summed E-state index contributed by atoms with van der Waals surface area (Å²) in [7, 11) is 0. The van der Waals surface area contributed by atoms with E-state index in [1.807, 2.05) is 0 Å². The van der Waals surface area contributed by atoms with Gasteiger partial charge in [-0.15, -0.1) is 11.6 Å². The highest BCUT2D eigenvalue weighted by Gasteiger charge is 2.18. The topological polar surface area (TPSA) is 52.4 Å². The van der Waals surface area contributed by atoms with E-state index in [4.69, 9.17) is 16.3 Å². The molecule has 0 saturated heterocycles. The second kappa shape index (κ2) is 6.05. The van der Waals surface area contributed by atoms with E-state index in [1.54, 1.807) is 0 Å². The summed E-state index contributed by atoms with van der Waals surface area (Å²) in [4.78, 5) is 10.0. The van der Waals surface area contributed by atoms with Gasteiger partial charge in [0.15, 0.2) is 11.6 Å². The minimum atomic E-state index is -0.905. The molecule has 0 radical (unpaired) electrons. The van der Waals surface area contributed by atoms with Crippen LogP contribution in [-0.2, 0) is 5.88 Å². The molecular weight excluding hydrogens is 304 g/mol. The van der Waals surface area contributed by atoms with E-state index in [2.05, 4.69) is 0 Å². The van der Waals surface area contributed by atoms with Crippen LogP contribution in [0.15, 0.2) is 30.3 Å². The molecule has 2 aromatic rings. The van der Waals surface area contributed by atoms with Gasteiger partial charge in [0.1, 0.15) is 11.6 Å². The summed E-state index contributed by atoms with van der Waals surface area (Å²) < 4.78 is 32.7. The Labute approximate surface area is 124 Å². The monoisotopic (exact) mass is 313 g/mol. The zero-order valence-electron chi connectivity index (χ0n) is 10.9. The van der Waals surface area contributed by atoms with Crippen LogP contribution in [-0.4, -0.2) is 4.92 Å². The molecule has 0 fully saturated rings. The minimum absolute atomic E-state index is 0.0668. The molecule has 0 unspecified atom stereocenters. The summed E-state index contributed by atoms with van der Waals surface area (Å²) >= 11 is 5.64. The number of nitro groups is 1. The number of nitrogens with zero attached hydrogens (tertiary/aromatic N) is 1. The first-order valence-corrected chi connectivity index (χ1v) is 6.43. The Bertz CT molecular complexity index is 707. The van der Waals surface area contributed by atoms with Gasteiger partial charge in [-0.1, -0.05) is 6.07 Å². The molecule has 21 heavy (non-hydrogen) atoms. The summed E-state index contributed by atoms with van der Waals surface area (Å²) in [6.45, 7) is 1.46. The van der Waals surface area contributed by atoms with Crippen molar-refractivity contribution in [2.45, 2.75) is 12.8 Å². The highest BCUT2D eigenvalue weighted by Crippen LogP contribution is 2.33. The molecule has 0 heterocycles. The fourth-order valence-corrected chi connectivity index (χ4v) is 2.06. The van der Waals surface area contributed by atoms with E-state index in [0.717, 1.165) is 6.07 Å². The molecule has 0 aliphatic rings. The molecule has 0 amide bonds. The van der Waals surface area contributed by atoms with Crippen LogP contribution in [0, 0.1) is 28.7 Å². The van der Waals surface area contributed by atoms with Crippen LogP contribution in [0.25, 0.3) is 0 Å². The average molecular weight is 314 g/mol. The third-order valence-corrected chi connectivity index (χ3v) is 3.14. The van der Waals surface area contributed by atoms with Crippen LogP contribution in [0.2, 0.25) is 0 Å². The standard InChI is InChI=1S/C14H10ClF2NO3/c1-8-5-14(11(17)6-12(8)18(19)20)21-13-4-2-3-10(16)9(13)7-15/h2-6H,7H2,1H3. The number of hydrogen-bond donors (Lipinski definition) is 0. The van der Waals surface area contributed by atoms with Crippen molar-refractivity contribution in [1.82, 2.24) is 0 Å². The Morgan fingerprint density at radius 1 is 1.24 bits per heavy atom. The molecule has 0 spiro atoms. The van der Waals surface area contributed by atoms with Gasteiger partial charge in [0.2, 0.25) is 0 Å². The Morgan fingerprint density at radius 2 is 1.95 bits per heavy atom. The van der Waals surface area contributed by atoms with Crippen LogP contribution in [0.1, 0.15) is 11.1 Å². The molecule has 2 rings (SSSR count). The molecule has 110 valence electrons. The molecule has 0 N–H and O–H groups in total. The molecule has 0 aliphatic carbocycles. The Morgan fingerprint density at radius 3 is 2.57 bits per heavy atom. The first kappa shape index (κ1) is 15.2. The molecule has 0 aromatic heterocycles. The lowest BCUT2D eigenvalue weighted by Crippen LogP contribution is -1.98. The number of hydrogen-bond acceptors (Lipinski definition) is 3. The Balaban J connectivity index is 2.43. The van der Waals surface area contributed by atoms with Gasteiger partial charge in [-0.25, -0.2) is 8.78 Å². The summed E-state index contributed by atoms with van der Waals surface area (Å²) in [5.41, 5.74) is -0.0218. The number of aryl methyl sites for hydroxylation is 1. The van der Waals surface area contributed by atoms with Crippen molar-refractivity contribution in [3.63, 3.8) is 0 Å². The first-order chi connectivity index (χ1) is 9.93. The van der Waals surface area contributed by atoms with Crippen LogP contribution in [0.5, 0.6) is 11.5 Å². The number of benzene rings is 2. The van der Waals surface area contributed by atoms with Gasteiger partial charge in [0.05, 0.1) is 16.9 Å². The van der Waals surface area contributed by atoms with E-state index in [-0.39, 0.29) is 34.2 Å². The van der Waals surface area contributed by atoms with Gasteiger partial charge < -0.3 is 4.74 Å². The third-order valence-electron chi connectivity index (χ3n) is 2.88. The van der Waals surface area contributed by atoms with Gasteiger partial charge in [-0.05, 0) is 25.1 Å². The van der Waals surface area contributed by atoms with Crippen molar-refractivity contribution in [2.75, 3.05) is 0 Å². The lowest BCUT2D eigenvalue weighted by Gasteiger charge is -2.11. The predicted molar refractivity (Wildman–Crippen MR) is 73.8 cm³/mol. The van der Waals surface area contributed by atoms with Gasteiger partial charge in [-0.3, -0.25) is 10.1 Å². The molecule has 0 bridgehead atoms. The second-order valence-corrected chi connectivity index (χ2v) is 4.55. The van der Waals surface area contributed by atoms with E-state index in [9.17, 15) is 18.9 Å². The van der Waals surface area contributed by atoms with E-state index < -0.39 is 16.6 Å². The largest absolute Gasteiger partial charge is 0.454 e. The number of halogens is 3. The molecule has 2 aromatic carbocycles. The van der Waals surface area contributed by atoms with Crippen LogP contribution in [0.4, 0.5) is 14.5 Å². The fourth-order valence-electron chi connectivity index (χ4n) is 1.80. The van der Waals surface area contributed by atoms with Crippen molar-refractivity contribution in [2.24, 2.45) is 0 Å². The Hall–Kier alpha value is -2.21. The van der Waals surface area contributed by atoms with Crippen molar-refractivity contribution in [3.8, 4) is 11.5 Å². The highest BCUT2D eigenvalue weighted by atomic mass is 35.5. The molecule has 0 saturated carbocycles. The number of ether oxygens (including phenoxy) is 1. The van der Waals surface area contributed by atoms with E-state index in [0.29, 0.717) is 0 Å². The summed E-state index contributed by atoms with van der Waals surface area (Å²) in [5, 5.41) is 10.7. The summed E-state index contributed by atoms with van der Waals surface area (Å²) in [5.74, 6) is -1.78. The molecular formula is C14H10ClF2NO3. The summed E-state index contributed by atoms with van der Waals surface area (Å²) in [6, 6.07) is 6.01. The highest BCUT2D eigenvalue weighted by molar-refractivity contribution is 6.17. The quantitative estimate of drug-likeness (QED) is 0.466. The summed E-state index contributed by atoms with van der Waals surface area (Å²) in [6.07, 6.45) is 0. The SMILES string of the molecule is Cc1cc(Oc2cccc(F)c2CCl)c(F)cc1[N+](=O)[O-]. The lowest BCUT2D eigenvalue weighted by atomic mass is 10.1. The molecule has 4 nitrogen and oxygen atoms in total. The van der Waals surface area contributed by atoms with Gasteiger partial charge >= 0.3 is 0 Å². The van der Waals surface area contributed by atoms with Gasteiger partial charge in [0.25, 0.3) is 5.69 Å². The molecule has 0 aliphatic heterocycles. The molecule has 7 heteroatoms. The maximum Gasteiger partial charge on any atom is 0.275 e. The lowest BCUT2D eigenvalue weighted by molar-refractivity contribution is -0.385. The van der Waals surface area contributed by atoms with Crippen molar-refractivity contribution < 1.29 is 18.4 Å². The maximum absolute atomic E-state index is 13.9. The third kappa shape index (κ3) is 3.11. The fraction of sp³-hybridized carbons (Fsp3) is 0.143. The van der Waals surface area contributed by atoms with Crippen LogP contribution < -0.4 is 4.74 Å². The van der Waals surface area contributed by atoms with Crippen LogP contribution in [0.3, 0.4) is 0 Å². The first-order valence-electron chi connectivity index (χ1n) is 5.89. The maximum atomic E-state index is 13.9. The number of rotatable bonds is 4. The number of alkyl halides is 1. The van der Waals surface area contributed by atoms with E-state index >= 15 is 0 Å². The predicted octanol–water partition coefficient (Wildman–Crippen LogP) is 4.71. The normalized spacial score (nSPS) is 10.5. The van der Waals surface area contributed by atoms with Crippen molar-refractivity contribution in [3.05, 3.63) is 63.2 Å². The smallest absolute Gasteiger partial charge is 0.275 e. The van der Waals surface area contributed by atoms with Crippen molar-refractivity contribution >= 4 is 17.3 Å². The van der Waals surface area contributed by atoms with Crippen LogP contribution >= 0.6 is 11.6 Å². The van der Waals surface area contributed by atoms with E-state index in [1.165, 1.54) is 31.2 Å². The molecule has 0 atom stereocenters. The van der Waals surface area contributed by atoms with Gasteiger partial charge in [0, 0.05) is 11.1 Å². The zero-order valence-corrected chi connectivity index (χ0v) is 11.7. The Kier molecular flexibility index (Phi) is 4.37.